The van der Waals surface area contributed by atoms with Crippen LogP contribution in [-0.2, 0) is 4.74 Å². The van der Waals surface area contributed by atoms with Crippen LogP contribution in [0.1, 0.15) is 18.4 Å². The predicted octanol–water partition coefficient (Wildman–Crippen LogP) is 1.82. The Kier molecular flexibility index (Phi) is 5.03. The lowest BCUT2D eigenvalue weighted by Crippen LogP contribution is -2.52. The summed E-state index contributed by atoms with van der Waals surface area (Å²) in [7, 11) is 0. The number of ether oxygens (including phenoxy) is 1. The van der Waals surface area contributed by atoms with Crippen molar-refractivity contribution in [3.8, 4) is 0 Å². The first-order valence-electron chi connectivity index (χ1n) is 8.31. The van der Waals surface area contributed by atoms with Gasteiger partial charge in [-0.15, -0.1) is 0 Å². The molecule has 0 aliphatic carbocycles. The number of aliphatic hydroxyl groups is 1. The molecule has 0 saturated carbocycles. The van der Waals surface area contributed by atoms with E-state index in [1.165, 1.54) is 18.5 Å². The van der Waals surface area contributed by atoms with Crippen molar-refractivity contribution in [2.75, 3.05) is 49.7 Å². The maximum atomic E-state index is 12.6. The van der Waals surface area contributed by atoms with Crippen LogP contribution in [0.5, 0.6) is 0 Å². The van der Waals surface area contributed by atoms with Crippen LogP contribution in [0, 0.1) is 6.92 Å². The summed E-state index contributed by atoms with van der Waals surface area (Å²) in [6.07, 6.45) is 2.45. The molecule has 1 aromatic rings. The van der Waals surface area contributed by atoms with Crippen molar-refractivity contribution in [1.29, 1.82) is 0 Å². The molecule has 3 rings (SSSR count). The zero-order valence-corrected chi connectivity index (χ0v) is 13.6. The van der Waals surface area contributed by atoms with Gasteiger partial charge in [0.1, 0.15) is 0 Å². The molecule has 2 aliphatic rings. The van der Waals surface area contributed by atoms with Gasteiger partial charge in [0.25, 0.3) is 0 Å². The van der Waals surface area contributed by atoms with Crippen molar-refractivity contribution in [3.05, 3.63) is 23.8 Å². The average Bonchev–Trinajstić information content (AvgIpc) is 3.11. The van der Waals surface area contributed by atoms with Crippen LogP contribution in [0.3, 0.4) is 0 Å². The first-order chi connectivity index (χ1) is 11.2. The lowest BCUT2D eigenvalue weighted by Gasteiger charge is -2.34. The predicted molar refractivity (Wildman–Crippen MR) is 90.0 cm³/mol. The zero-order chi connectivity index (χ0) is 16.2. The molecule has 1 unspecified atom stereocenters. The van der Waals surface area contributed by atoms with Crippen LogP contribution in [0.4, 0.5) is 16.2 Å². The Morgan fingerprint density at radius 2 is 2.13 bits per heavy atom. The largest absolute Gasteiger partial charge is 0.394 e. The molecular weight excluding hydrogens is 294 g/mol. The molecule has 1 aromatic carbocycles. The zero-order valence-electron chi connectivity index (χ0n) is 13.6. The van der Waals surface area contributed by atoms with E-state index in [1.54, 1.807) is 4.90 Å². The molecule has 0 radical (unpaired) electrons. The third-order valence-electron chi connectivity index (χ3n) is 4.69. The lowest BCUT2D eigenvalue weighted by molar-refractivity contribution is -0.00485. The molecule has 6 heteroatoms. The van der Waals surface area contributed by atoms with E-state index < -0.39 is 0 Å². The standard InChI is InChI=1S/C17H25N3O3/c1-13-15(5-4-6-16(13)19-7-2-3-8-19)18-17(22)20-9-10-23-12-14(20)11-21/h4-6,14,21H,2-3,7-12H2,1H3,(H,18,22). The molecule has 2 aliphatic heterocycles. The maximum Gasteiger partial charge on any atom is 0.322 e. The van der Waals surface area contributed by atoms with Gasteiger partial charge in [0.05, 0.1) is 25.9 Å². The second-order valence-corrected chi connectivity index (χ2v) is 6.18. The molecule has 0 spiro atoms. The SMILES string of the molecule is Cc1c(NC(=O)N2CCOCC2CO)cccc1N1CCCC1. The Bertz CT molecular complexity index is 558. The highest BCUT2D eigenvalue weighted by molar-refractivity contribution is 5.91. The number of hydrogen-bond donors (Lipinski definition) is 2. The van der Waals surface area contributed by atoms with Gasteiger partial charge in [-0.25, -0.2) is 4.79 Å². The minimum absolute atomic E-state index is 0.0831. The number of anilines is 2. The molecule has 2 saturated heterocycles. The summed E-state index contributed by atoms with van der Waals surface area (Å²) in [6.45, 7) is 5.52. The fourth-order valence-electron chi connectivity index (χ4n) is 3.32. The normalized spacial score (nSPS) is 21.6. The molecule has 1 atom stereocenters. The number of carbonyl (C=O) groups excluding carboxylic acids is 1. The van der Waals surface area contributed by atoms with Crippen molar-refractivity contribution in [2.45, 2.75) is 25.8 Å². The van der Waals surface area contributed by atoms with E-state index in [4.69, 9.17) is 4.74 Å². The van der Waals surface area contributed by atoms with E-state index in [0.29, 0.717) is 19.8 Å². The summed E-state index contributed by atoms with van der Waals surface area (Å²) in [5.74, 6) is 0. The van der Waals surface area contributed by atoms with Crippen molar-refractivity contribution in [3.63, 3.8) is 0 Å². The van der Waals surface area contributed by atoms with Gasteiger partial charge >= 0.3 is 6.03 Å². The number of benzene rings is 1. The Hall–Kier alpha value is -1.79. The minimum atomic E-state index is -0.272. The molecule has 23 heavy (non-hydrogen) atoms. The van der Waals surface area contributed by atoms with Gasteiger partial charge in [-0.1, -0.05) is 6.07 Å². The number of hydrogen-bond acceptors (Lipinski definition) is 4. The van der Waals surface area contributed by atoms with Crippen LogP contribution < -0.4 is 10.2 Å². The van der Waals surface area contributed by atoms with E-state index in [9.17, 15) is 9.90 Å². The second-order valence-electron chi connectivity index (χ2n) is 6.18. The van der Waals surface area contributed by atoms with Gasteiger partial charge in [0.15, 0.2) is 0 Å². The van der Waals surface area contributed by atoms with E-state index in [1.807, 2.05) is 19.1 Å². The quantitative estimate of drug-likeness (QED) is 0.892. The highest BCUT2D eigenvalue weighted by atomic mass is 16.5. The Balaban J connectivity index is 1.74. The number of amides is 2. The molecule has 2 amide bonds. The Morgan fingerprint density at radius 1 is 1.35 bits per heavy atom. The highest BCUT2D eigenvalue weighted by Gasteiger charge is 2.27. The average molecular weight is 319 g/mol. The van der Waals surface area contributed by atoms with Gasteiger partial charge in [-0.05, 0) is 37.5 Å². The molecule has 126 valence electrons. The number of rotatable bonds is 3. The summed E-state index contributed by atoms with van der Waals surface area (Å²) >= 11 is 0. The number of nitrogens with one attached hydrogen (secondary N) is 1. The van der Waals surface area contributed by atoms with Crippen LogP contribution in [0.2, 0.25) is 0 Å². The Labute approximate surface area is 137 Å². The number of aliphatic hydroxyl groups excluding tert-OH is 1. The van der Waals surface area contributed by atoms with E-state index >= 15 is 0 Å². The van der Waals surface area contributed by atoms with Gasteiger partial charge in [-0.3, -0.25) is 0 Å². The molecule has 2 fully saturated rings. The highest BCUT2D eigenvalue weighted by Crippen LogP contribution is 2.29. The topological polar surface area (TPSA) is 65.0 Å². The molecule has 2 heterocycles. The number of urea groups is 1. The van der Waals surface area contributed by atoms with Gasteiger partial charge in [0.2, 0.25) is 0 Å². The fraction of sp³-hybridized carbons (Fsp3) is 0.588. The molecule has 0 bridgehead atoms. The molecule has 6 nitrogen and oxygen atoms in total. The van der Waals surface area contributed by atoms with Crippen LogP contribution in [0.25, 0.3) is 0 Å². The smallest absolute Gasteiger partial charge is 0.322 e. The van der Waals surface area contributed by atoms with Gasteiger partial charge < -0.3 is 25.0 Å². The number of nitrogens with zero attached hydrogens (tertiary/aromatic N) is 2. The third kappa shape index (κ3) is 3.43. The molecular formula is C17H25N3O3. The lowest BCUT2D eigenvalue weighted by atomic mass is 10.1. The summed E-state index contributed by atoms with van der Waals surface area (Å²) < 4.78 is 5.33. The number of morpholine rings is 1. The van der Waals surface area contributed by atoms with Crippen LogP contribution in [-0.4, -0.2) is 61.5 Å². The first-order valence-corrected chi connectivity index (χ1v) is 8.31. The minimum Gasteiger partial charge on any atom is -0.394 e. The van der Waals surface area contributed by atoms with Crippen molar-refractivity contribution >= 4 is 17.4 Å². The number of carbonyl (C=O) groups is 1. The summed E-state index contributed by atoms with van der Waals surface area (Å²) in [5, 5.41) is 12.4. The fourth-order valence-corrected chi connectivity index (χ4v) is 3.32. The van der Waals surface area contributed by atoms with E-state index in [-0.39, 0.29) is 18.7 Å². The van der Waals surface area contributed by atoms with Gasteiger partial charge in [-0.2, -0.15) is 0 Å². The summed E-state index contributed by atoms with van der Waals surface area (Å²) in [4.78, 5) is 16.6. The van der Waals surface area contributed by atoms with E-state index in [2.05, 4.69) is 16.3 Å². The Morgan fingerprint density at radius 3 is 2.87 bits per heavy atom. The molecule has 2 N–H and O–H groups in total. The van der Waals surface area contributed by atoms with Crippen LogP contribution in [0.15, 0.2) is 18.2 Å². The molecule has 0 aromatic heterocycles. The van der Waals surface area contributed by atoms with Crippen molar-refractivity contribution < 1.29 is 14.6 Å². The van der Waals surface area contributed by atoms with Crippen molar-refractivity contribution in [1.82, 2.24) is 4.90 Å². The second kappa shape index (κ2) is 7.19. The van der Waals surface area contributed by atoms with E-state index in [0.717, 1.165) is 24.3 Å². The first kappa shape index (κ1) is 16.1. The summed E-state index contributed by atoms with van der Waals surface area (Å²) in [5.41, 5.74) is 3.13. The third-order valence-corrected chi connectivity index (χ3v) is 4.69. The monoisotopic (exact) mass is 319 g/mol. The summed E-state index contributed by atoms with van der Waals surface area (Å²) in [6, 6.07) is 5.59. The van der Waals surface area contributed by atoms with Crippen molar-refractivity contribution in [2.24, 2.45) is 0 Å². The van der Waals surface area contributed by atoms with Gasteiger partial charge in [0, 0.05) is 31.0 Å². The maximum absolute atomic E-state index is 12.6. The van der Waals surface area contributed by atoms with Crippen LogP contribution >= 0.6 is 0 Å².